The van der Waals surface area contributed by atoms with Crippen LogP contribution in [0.2, 0.25) is 6.04 Å². The monoisotopic (exact) mass is 366 g/mol. The van der Waals surface area contributed by atoms with E-state index in [0.29, 0.717) is 13.0 Å². The fourth-order valence-electron chi connectivity index (χ4n) is 2.72. The SMILES string of the molecule is C=C(C)COCCCCCCCCCCCCCCC[Si](F)(F)F. The molecule has 0 spiro atoms. The van der Waals surface area contributed by atoms with Gasteiger partial charge in [0, 0.05) is 12.7 Å². The molecule has 0 aliphatic heterocycles. The molecule has 0 saturated carbocycles. The van der Waals surface area contributed by atoms with Crippen molar-refractivity contribution in [1.82, 2.24) is 0 Å². The summed E-state index contributed by atoms with van der Waals surface area (Å²) in [6, 6.07) is -0.479. The topological polar surface area (TPSA) is 9.23 Å². The molecule has 5 heteroatoms. The van der Waals surface area contributed by atoms with Crippen LogP contribution in [0.3, 0.4) is 0 Å². The molecule has 144 valence electrons. The number of halogens is 3. The highest BCUT2D eigenvalue weighted by Gasteiger charge is 2.35. The zero-order valence-electron chi connectivity index (χ0n) is 15.6. The molecule has 0 bridgehead atoms. The van der Waals surface area contributed by atoms with Crippen LogP contribution in [0, 0.1) is 0 Å². The summed E-state index contributed by atoms with van der Waals surface area (Å²) in [5.41, 5.74) is 1.08. The van der Waals surface area contributed by atoms with E-state index in [1.165, 1.54) is 51.4 Å². The van der Waals surface area contributed by atoms with Crippen molar-refractivity contribution in [2.45, 2.75) is 96.4 Å². The highest BCUT2D eigenvalue weighted by atomic mass is 28.5. The van der Waals surface area contributed by atoms with Crippen LogP contribution in [0.25, 0.3) is 0 Å². The largest absolute Gasteiger partial charge is 0.616 e. The van der Waals surface area contributed by atoms with Crippen LogP contribution in [-0.4, -0.2) is 22.3 Å². The molecule has 0 aromatic carbocycles. The van der Waals surface area contributed by atoms with Gasteiger partial charge in [-0.3, -0.25) is 0 Å². The Morgan fingerprint density at radius 1 is 0.708 bits per heavy atom. The van der Waals surface area contributed by atoms with E-state index in [1.807, 2.05) is 6.92 Å². The van der Waals surface area contributed by atoms with E-state index < -0.39 is 15.1 Å². The Morgan fingerprint density at radius 2 is 1.08 bits per heavy atom. The summed E-state index contributed by atoms with van der Waals surface area (Å²) >= 11 is 0. The molecular formula is C19H37F3OSi. The third-order valence-electron chi connectivity index (χ3n) is 4.10. The normalized spacial score (nSPS) is 11.8. The highest BCUT2D eigenvalue weighted by molar-refractivity contribution is 6.58. The molecule has 0 fully saturated rings. The summed E-state index contributed by atoms with van der Waals surface area (Å²) in [7, 11) is -5.28. The van der Waals surface area contributed by atoms with Crippen molar-refractivity contribution in [3.8, 4) is 0 Å². The van der Waals surface area contributed by atoms with Crippen molar-refractivity contribution >= 4 is 9.08 Å². The molecule has 0 saturated heterocycles. The maximum atomic E-state index is 12.1. The zero-order chi connectivity index (χ0) is 18.1. The van der Waals surface area contributed by atoms with Gasteiger partial charge in [-0.25, -0.2) is 12.3 Å². The van der Waals surface area contributed by atoms with E-state index in [4.69, 9.17) is 4.74 Å². The van der Waals surface area contributed by atoms with Gasteiger partial charge in [-0.15, -0.1) is 0 Å². The lowest BCUT2D eigenvalue weighted by Crippen LogP contribution is -2.13. The second-order valence-corrected chi connectivity index (χ2v) is 8.70. The van der Waals surface area contributed by atoms with Crippen molar-refractivity contribution in [3.63, 3.8) is 0 Å². The molecule has 0 aromatic heterocycles. The predicted octanol–water partition coefficient (Wildman–Crippen LogP) is 7.50. The van der Waals surface area contributed by atoms with E-state index in [0.717, 1.165) is 37.9 Å². The summed E-state index contributed by atoms with van der Waals surface area (Å²) in [5.74, 6) is 0. The average molecular weight is 367 g/mol. The lowest BCUT2D eigenvalue weighted by atomic mass is 10.0. The minimum atomic E-state index is -5.28. The lowest BCUT2D eigenvalue weighted by molar-refractivity contribution is 0.151. The van der Waals surface area contributed by atoms with Gasteiger partial charge in [-0.05, 0) is 19.8 Å². The van der Waals surface area contributed by atoms with Gasteiger partial charge in [0.2, 0.25) is 0 Å². The average Bonchev–Trinajstić information content (AvgIpc) is 2.49. The first-order valence-electron chi connectivity index (χ1n) is 9.70. The van der Waals surface area contributed by atoms with Crippen molar-refractivity contribution in [1.29, 1.82) is 0 Å². The van der Waals surface area contributed by atoms with Gasteiger partial charge in [-0.1, -0.05) is 82.8 Å². The van der Waals surface area contributed by atoms with Crippen molar-refractivity contribution in [2.75, 3.05) is 13.2 Å². The Morgan fingerprint density at radius 3 is 1.46 bits per heavy atom. The zero-order valence-corrected chi connectivity index (χ0v) is 16.6. The van der Waals surface area contributed by atoms with Crippen LogP contribution >= 0.6 is 0 Å². The minimum Gasteiger partial charge on any atom is -0.377 e. The van der Waals surface area contributed by atoms with Crippen LogP contribution in [0.4, 0.5) is 12.3 Å². The van der Waals surface area contributed by atoms with E-state index in [9.17, 15) is 12.3 Å². The van der Waals surface area contributed by atoms with E-state index in [2.05, 4.69) is 6.58 Å². The predicted molar refractivity (Wildman–Crippen MR) is 99.5 cm³/mol. The molecule has 0 heterocycles. The van der Waals surface area contributed by atoms with Gasteiger partial charge in [0.25, 0.3) is 0 Å². The lowest BCUT2D eigenvalue weighted by Gasteiger charge is -2.05. The maximum Gasteiger partial charge on any atom is 0.616 e. The van der Waals surface area contributed by atoms with E-state index in [1.54, 1.807) is 0 Å². The Balaban J connectivity index is 3.04. The minimum absolute atomic E-state index is 0.355. The first kappa shape index (κ1) is 23.7. The van der Waals surface area contributed by atoms with Gasteiger partial charge >= 0.3 is 9.08 Å². The fraction of sp³-hybridized carbons (Fsp3) is 0.895. The molecular weight excluding hydrogens is 329 g/mol. The summed E-state index contributed by atoms with van der Waals surface area (Å²) in [6.45, 7) is 7.32. The Bertz CT molecular complexity index is 293. The Labute approximate surface area is 148 Å². The molecule has 0 atom stereocenters. The molecule has 0 aliphatic carbocycles. The Kier molecular flexibility index (Phi) is 16.0. The number of ether oxygens (including phenoxy) is 1. The summed E-state index contributed by atoms with van der Waals surface area (Å²) in [6.07, 6.45) is 14.5. The molecule has 0 radical (unpaired) electrons. The Hall–Kier alpha value is -0.293. The summed E-state index contributed by atoms with van der Waals surface area (Å²) < 4.78 is 41.7. The number of rotatable bonds is 18. The second-order valence-electron chi connectivity index (χ2n) is 6.97. The highest BCUT2D eigenvalue weighted by Crippen LogP contribution is 2.20. The molecule has 0 unspecified atom stereocenters. The fourth-order valence-corrected chi connectivity index (χ4v) is 3.37. The molecule has 1 nitrogen and oxygen atoms in total. The number of hydrogen-bond donors (Lipinski definition) is 0. The molecule has 0 N–H and O–H groups in total. The van der Waals surface area contributed by atoms with Gasteiger partial charge in [-0.2, -0.15) is 0 Å². The van der Waals surface area contributed by atoms with Crippen molar-refractivity contribution < 1.29 is 17.1 Å². The van der Waals surface area contributed by atoms with Crippen LogP contribution in [0.5, 0.6) is 0 Å². The first-order chi connectivity index (χ1) is 11.4. The van der Waals surface area contributed by atoms with Crippen LogP contribution in [-0.2, 0) is 4.74 Å². The molecule has 0 aromatic rings. The smallest absolute Gasteiger partial charge is 0.377 e. The third-order valence-corrected chi connectivity index (χ3v) is 5.02. The van der Waals surface area contributed by atoms with Crippen LogP contribution in [0.1, 0.15) is 90.4 Å². The quantitative estimate of drug-likeness (QED) is 0.106. The maximum absolute atomic E-state index is 12.1. The molecule has 0 aliphatic rings. The first-order valence-corrected chi connectivity index (χ1v) is 11.5. The van der Waals surface area contributed by atoms with Crippen molar-refractivity contribution in [2.24, 2.45) is 0 Å². The second kappa shape index (κ2) is 16.2. The number of unbranched alkanes of at least 4 members (excludes halogenated alkanes) is 12. The van der Waals surface area contributed by atoms with Gasteiger partial charge in [0.05, 0.1) is 6.61 Å². The van der Waals surface area contributed by atoms with Gasteiger partial charge in [0.15, 0.2) is 0 Å². The number of hydrogen-bond acceptors (Lipinski definition) is 1. The standard InChI is InChI=1S/C19H37F3OSi/c1-19(2)18-23-16-14-12-10-8-6-4-3-5-7-9-11-13-15-17-24(20,21)22/h1,3-18H2,2H3. The van der Waals surface area contributed by atoms with E-state index in [-0.39, 0.29) is 0 Å². The van der Waals surface area contributed by atoms with Crippen LogP contribution < -0.4 is 0 Å². The van der Waals surface area contributed by atoms with Crippen molar-refractivity contribution in [3.05, 3.63) is 12.2 Å². The molecule has 0 rings (SSSR count). The van der Waals surface area contributed by atoms with Crippen LogP contribution in [0.15, 0.2) is 12.2 Å². The van der Waals surface area contributed by atoms with Gasteiger partial charge < -0.3 is 4.74 Å². The summed E-state index contributed by atoms with van der Waals surface area (Å²) in [5, 5.41) is 0. The summed E-state index contributed by atoms with van der Waals surface area (Å²) in [4.78, 5) is 0. The van der Waals surface area contributed by atoms with E-state index >= 15 is 0 Å². The molecule has 24 heavy (non-hydrogen) atoms. The molecule has 0 amide bonds. The third kappa shape index (κ3) is 21.7. The van der Waals surface area contributed by atoms with Gasteiger partial charge in [0.1, 0.15) is 0 Å².